The van der Waals surface area contributed by atoms with Crippen molar-refractivity contribution < 1.29 is 9.84 Å². The van der Waals surface area contributed by atoms with Crippen LogP contribution < -0.4 is 4.74 Å². The Labute approximate surface area is 130 Å². The average molecular weight is 296 g/mol. The van der Waals surface area contributed by atoms with Crippen molar-refractivity contribution in [2.75, 3.05) is 7.11 Å². The number of aryl methyl sites for hydroxylation is 1. The van der Waals surface area contributed by atoms with Gasteiger partial charge in [-0.2, -0.15) is 0 Å². The van der Waals surface area contributed by atoms with Gasteiger partial charge in [0.15, 0.2) is 0 Å². The topological polar surface area (TPSA) is 47.3 Å². The summed E-state index contributed by atoms with van der Waals surface area (Å²) in [6.07, 6.45) is 0.234. The molecule has 114 valence electrons. The van der Waals surface area contributed by atoms with Crippen molar-refractivity contribution in [2.45, 2.75) is 26.0 Å². The van der Waals surface area contributed by atoms with Crippen molar-refractivity contribution >= 4 is 11.0 Å². The van der Waals surface area contributed by atoms with Crippen LogP contribution >= 0.6 is 0 Å². The van der Waals surface area contributed by atoms with E-state index in [4.69, 9.17) is 4.74 Å². The van der Waals surface area contributed by atoms with Crippen molar-refractivity contribution in [3.63, 3.8) is 0 Å². The first-order valence-corrected chi connectivity index (χ1v) is 7.49. The molecular weight excluding hydrogens is 276 g/mol. The summed E-state index contributed by atoms with van der Waals surface area (Å²) in [5.74, 6) is 1.74. The van der Waals surface area contributed by atoms with Gasteiger partial charge in [-0.25, -0.2) is 4.98 Å². The van der Waals surface area contributed by atoms with E-state index in [2.05, 4.69) is 16.5 Å². The van der Waals surface area contributed by atoms with E-state index >= 15 is 0 Å². The minimum Gasteiger partial charge on any atom is -0.497 e. The number of hydrogen-bond acceptors (Lipinski definition) is 3. The third-order valence-corrected chi connectivity index (χ3v) is 3.88. The van der Waals surface area contributed by atoms with Gasteiger partial charge in [0.2, 0.25) is 0 Å². The summed E-state index contributed by atoms with van der Waals surface area (Å²) in [5, 5.41) is 10.6. The van der Waals surface area contributed by atoms with Crippen LogP contribution in [0.2, 0.25) is 0 Å². The summed E-state index contributed by atoms with van der Waals surface area (Å²) >= 11 is 0. The van der Waals surface area contributed by atoms with Crippen LogP contribution in [0.4, 0.5) is 0 Å². The number of aliphatic hydroxyl groups is 1. The number of rotatable bonds is 5. The van der Waals surface area contributed by atoms with Gasteiger partial charge in [0.1, 0.15) is 11.6 Å². The zero-order chi connectivity index (χ0) is 15.5. The fraction of sp³-hybridized carbons (Fsp3) is 0.278. The predicted molar refractivity (Wildman–Crippen MR) is 87.1 cm³/mol. The van der Waals surface area contributed by atoms with Gasteiger partial charge in [-0.1, -0.05) is 31.2 Å². The average Bonchev–Trinajstić information content (AvgIpc) is 2.93. The lowest BCUT2D eigenvalue weighted by Gasteiger charge is -2.15. The summed E-state index contributed by atoms with van der Waals surface area (Å²) in [6.45, 7) is 2.56. The van der Waals surface area contributed by atoms with Crippen LogP contribution in [0, 0.1) is 0 Å². The van der Waals surface area contributed by atoms with Crippen molar-refractivity contribution in [1.82, 2.24) is 9.55 Å². The number of aromatic nitrogens is 2. The Kier molecular flexibility index (Phi) is 4.11. The zero-order valence-electron chi connectivity index (χ0n) is 12.9. The van der Waals surface area contributed by atoms with Crippen LogP contribution in [0.5, 0.6) is 5.75 Å². The van der Waals surface area contributed by atoms with Crippen molar-refractivity contribution in [1.29, 1.82) is 0 Å². The standard InChI is InChI=1S/C18H20N2O2/c1-3-18-19-15-9-4-5-10-16(15)20(18)12-17(21)13-7-6-8-14(11-13)22-2/h4-11,17,21H,3,12H2,1-2H3. The first-order valence-electron chi connectivity index (χ1n) is 7.49. The molecule has 1 N–H and O–H groups in total. The maximum atomic E-state index is 10.6. The lowest BCUT2D eigenvalue weighted by molar-refractivity contribution is 0.156. The summed E-state index contributed by atoms with van der Waals surface area (Å²) in [6, 6.07) is 15.6. The molecule has 1 heterocycles. The molecule has 1 atom stereocenters. The molecule has 0 aliphatic rings. The van der Waals surface area contributed by atoms with E-state index in [9.17, 15) is 5.11 Å². The van der Waals surface area contributed by atoms with E-state index in [1.54, 1.807) is 7.11 Å². The van der Waals surface area contributed by atoms with Gasteiger partial charge >= 0.3 is 0 Å². The van der Waals surface area contributed by atoms with Crippen molar-refractivity contribution in [3.8, 4) is 5.75 Å². The molecule has 0 radical (unpaired) electrons. The Hall–Kier alpha value is -2.33. The molecule has 3 rings (SSSR count). The third-order valence-electron chi connectivity index (χ3n) is 3.88. The molecule has 0 saturated carbocycles. The highest BCUT2D eigenvalue weighted by Gasteiger charge is 2.14. The Morgan fingerprint density at radius 3 is 2.77 bits per heavy atom. The molecule has 4 nitrogen and oxygen atoms in total. The lowest BCUT2D eigenvalue weighted by atomic mass is 10.1. The Balaban J connectivity index is 1.94. The summed E-state index contributed by atoms with van der Waals surface area (Å²) in [7, 11) is 1.63. The number of hydrogen-bond donors (Lipinski definition) is 1. The highest BCUT2D eigenvalue weighted by Crippen LogP contribution is 2.24. The van der Waals surface area contributed by atoms with Crippen molar-refractivity contribution in [3.05, 3.63) is 59.9 Å². The fourth-order valence-electron chi connectivity index (χ4n) is 2.73. The molecule has 2 aromatic carbocycles. The molecule has 0 aliphatic heterocycles. The Morgan fingerprint density at radius 2 is 2.00 bits per heavy atom. The quantitative estimate of drug-likeness (QED) is 0.785. The maximum Gasteiger partial charge on any atom is 0.119 e. The van der Waals surface area contributed by atoms with Gasteiger partial charge in [-0.3, -0.25) is 0 Å². The maximum absolute atomic E-state index is 10.6. The molecule has 0 aliphatic carbocycles. The molecule has 0 amide bonds. The SMILES string of the molecule is CCc1nc2ccccc2n1CC(O)c1cccc(OC)c1. The van der Waals surface area contributed by atoms with Crippen LogP contribution in [0.1, 0.15) is 24.4 Å². The zero-order valence-corrected chi connectivity index (χ0v) is 12.9. The predicted octanol–water partition coefficient (Wildman–Crippen LogP) is 3.34. The normalized spacial score (nSPS) is 12.5. The Bertz CT molecular complexity index is 780. The van der Waals surface area contributed by atoms with Gasteiger partial charge in [0.25, 0.3) is 0 Å². The first kappa shape index (κ1) is 14.6. The minimum absolute atomic E-state index is 0.483. The second-order valence-corrected chi connectivity index (χ2v) is 5.27. The second kappa shape index (κ2) is 6.20. The highest BCUT2D eigenvalue weighted by molar-refractivity contribution is 5.75. The number of ether oxygens (including phenoxy) is 1. The van der Waals surface area contributed by atoms with Gasteiger partial charge in [0, 0.05) is 6.42 Å². The van der Waals surface area contributed by atoms with E-state index in [0.717, 1.165) is 34.6 Å². The van der Waals surface area contributed by atoms with Crippen LogP contribution in [0.3, 0.4) is 0 Å². The highest BCUT2D eigenvalue weighted by atomic mass is 16.5. The lowest BCUT2D eigenvalue weighted by Crippen LogP contribution is -2.11. The van der Waals surface area contributed by atoms with Crippen molar-refractivity contribution in [2.24, 2.45) is 0 Å². The monoisotopic (exact) mass is 296 g/mol. The summed E-state index contributed by atoms with van der Waals surface area (Å²) in [4.78, 5) is 4.64. The number of imidazole rings is 1. The smallest absolute Gasteiger partial charge is 0.119 e. The molecule has 1 unspecified atom stereocenters. The molecule has 4 heteroatoms. The number of para-hydroxylation sites is 2. The van der Waals surface area contributed by atoms with Gasteiger partial charge < -0.3 is 14.4 Å². The van der Waals surface area contributed by atoms with E-state index < -0.39 is 6.10 Å². The molecule has 0 fully saturated rings. The number of methoxy groups -OCH3 is 1. The van der Waals surface area contributed by atoms with Crippen LogP contribution in [-0.4, -0.2) is 21.8 Å². The molecular formula is C18H20N2O2. The molecule has 0 saturated heterocycles. The van der Waals surface area contributed by atoms with E-state index in [1.165, 1.54) is 0 Å². The van der Waals surface area contributed by atoms with Gasteiger partial charge in [0.05, 0.1) is 30.8 Å². The minimum atomic E-state index is -0.599. The summed E-state index contributed by atoms with van der Waals surface area (Å²) in [5.41, 5.74) is 2.87. The number of benzene rings is 2. The fourth-order valence-corrected chi connectivity index (χ4v) is 2.73. The molecule has 0 bridgehead atoms. The molecule has 3 aromatic rings. The van der Waals surface area contributed by atoms with Crippen LogP contribution in [0.15, 0.2) is 48.5 Å². The summed E-state index contributed by atoms with van der Waals surface area (Å²) < 4.78 is 7.32. The molecule has 22 heavy (non-hydrogen) atoms. The van der Waals surface area contributed by atoms with Gasteiger partial charge in [-0.15, -0.1) is 0 Å². The van der Waals surface area contributed by atoms with E-state index in [-0.39, 0.29) is 0 Å². The largest absolute Gasteiger partial charge is 0.497 e. The molecule has 0 spiro atoms. The third kappa shape index (κ3) is 2.70. The van der Waals surface area contributed by atoms with Gasteiger partial charge in [-0.05, 0) is 29.8 Å². The van der Waals surface area contributed by atoms with Crippen LogP contribution in [0.25, 0.3) is 11.0 Å². The van der Waals surface area contributed by atoms with Crippen LogP contribution in [-0.2, 0) is 13.0 Å². The number of fused-ring (bicyclic) bond motifs is 1. The Morgan fingerprint density at radius 1 is 1.18 bits per heavy atom. The van der Waals surface area contributed by atoms with E-state index in [1.807, 2.05) is 48.5 Å². The second-order valence-electron chi connectivity index (χ2n) is 5.27. The molecule has 1 aromatic heterocycles. The number of aliphatic hydroxyl groups excluding tert-OH is 1. The first-order chi connectivity index (χ1) is 10.7. The van der Waals surface area contributed by atoms with E-state index in [0.29, 0.717) is 6.54 Å². The number of nitrogens with zero attached hydrogens (tertiary/aromatic N) is 2.